The Morgan fingerprint density at radius 2 is 1.55 bits per heavy atom. The molecule has 0 saturated carbocycles. The van der Waals surface area contributed by atoms with Gasteiger partial charge in [-0.25, -0.2) is 8.42 Å². The van der Waals surface area contributed by atoms with Gasteiger partial charge in [-0.3, -0.25) is 13.9 Å². The number of nitrogens with zero attached hydrogens (tertiary/aromatic N) is 1. The molecule has 7 nitrogen and oxygen atoms in total. The summed E-state index contributed by atoms with van der Waals surface area (Å²) in [5.74, 6) is -0.886. The molecule has 0 saturated heterocycles. The summed E-state index contributed by atoms with van der Waals surface area (Å²) in [4.78, 5) is 25.5. The Kier molecular flexibility index (Phi) is 8.24. The lowest BCUT2D eigenvalue weighted by Crippen LogP contribution is -2.38. The second-order valence-corrected chi connectivity index (χ2v) is 9.93. The third-order valence-electron chi connectivity index (χ3n) is 4.71. The standard InChI is InChI=1S/C24H24BrN3O4S/c1-2-16-26-24(30)21-10-6-7-11-22(21)27-23(29)17-28(19-14-12-18(25)13-15-19)33(31,32)20-8-4-3-5-9-20/h3-15H,2,16-17H2,1H3,(H,26,30)(H,27,29). The summed E-state index contributed by atoms with van der Waals surface area (Å²) in [6, 6.07) is 21.2. The van der Waals surface area contributed by atoms with Crippen LogP contribution in [0.2, 0.25) is 0 Å². The van der Waals surface area contributed by atoms with Gasteiger partial charge in [0.1, 0.15) is 6.54 Å². The Morgan fingerprint density at radius 1 is 0.909 bits per heavy atom. The first-order valence-electron chi connectivity index (χ1n) is 10.3. The number of hydrogen-bond donors (Lipinski definition) is 2. The minimum absolute atomic E-state index is 0.0695. The van der Waals surface area contributed by atoms with Crippen LogP contribution in [0.1, 0.15) is 23.7 Å². The van der Waals surface area contributed by atoms with E-state index in [4.69, 9.17) is 0 Å². The smallest absolute Gasteiger partial charge is 0.264 e. The van der Waals surface area contributed by atoms with E-state index in [0.29, 0.717) is 23.5 Å². The maximum Gasteiger partial charge on any atom is 0.264 e. The summed E-state index contributed by atoms with van der Waals surface area (Å²) in [7, 11) is -4.01. The predicted octanol–water partition coefficient (Wildman–Crippen LogP) is 4.42. The lowest BCUT2D eigenvalue weighted by molar-refractivity contribution is -0.114. The molecule has 3 aromatic rings. The van der Waals surface area contributed by atoms with Gasteiger partial charge in [0.15, 0.2) is 0 Å². The van der Waals surface area contributed by atoms with Crippen LogP contribution in [0.15, 0.2) is 88.2 Å². The molecule has 0 aliphatic heterocycles. The fourth-order valence-electron chi connectivity index (χ4n) is 3.09. The number of benzene rings is 3. The van der Waals surface area contributed by atoms with E-state index in [2.05, 4.69) is 26.6 Å². The molecule has 3 aromatic carbocycles. The van der Waals surface area contributed by atoms with Gasteiger partial charge in [0.25, 0.3) is 15.9 Å². The minimum atomic E-state index is -4.01. The van der Waals surface area contributed by atoms with E-state index in [1.807, 2.05) is 6.92 Å². The molecule has 0 unspecified atom stereocenters. The average molecular weight is 530 g/mol. The number of amides is 2. The van der Waals surface area contributed by atoms with Crippen LogP contribution in [-0.2, 0) is 14.8 Å². The molecule has 9 heteroatoms. The summed E-state index contributed by atoms with van der Waals surface area (Å²) in [5, 5.41) is 5.47. The molecule has 0 aliphatic carbocycles. The fourth-order valence-corrected chi connectivity index (χ4v) is 4.79. The van der Waals surface area contributed by atoms with Crippen molar-refractivity contribution in [2.24, 2.45) is 0 Å². The number of halogens is 1. The second kappa shape index (κ2) is 11.1. The normalized spacial score (nSPS) is 11.0. The molecule has 0 spiro atoms. The third-order valence-corrected chi connectivity index (χ3v) is 7.03. The minimum Gasteiger partial charge on any atom is -0.352 e. The molecule has 0 aromatic heterocycles. The molecule has 0 heterocycles. The molecule has 0 bridgehead atoms. The molecule has 3 rings (SSSR count). The largest absolute Gasteiger partial charge is 0.352 e. The first-order valence-corrected chi connectivity index (χ1v) is 12.6. The summed E-state index contributed by atoms with van der Waals surface area (Å²) >= 11 is 3.34. The molecule has 0 fully saturated rings. The lowest BCUT2D eigenvalue weighted by atomic mass is 10.1. The summed E-state index contributed by atoms with van der Waals surface area (Å²) in [6.45, 7) is 1.98. The van der Waals surface area contributed by atoms with Crippen LogP contribution >= 0.6 is 15.9 Å². The fraction of sp³-hybridized carbons (Fsp3) is 0.167. The topological polar surface area (TPSA) is 95.6 Å². The van der Waals surface area contributed by atoms with Crippen LogP contribution in [-0.4, -0.2) is 33.3 Å². The molecule has 0 radical (unpaired) electrons. The zero-order valence-corrected chi connectivity index (χ0v) is 20.4. The predicted molar refractivity (Wildman–Crippen MR) is 133 cm³/mol. The van der Waals surface area contributed by atoms with E-state index >= 15 is 0 Å². The monoisotopic (exact) mass is 529 g/mol. The van der Waals surface area contributed by atoms with E-state index in [0.717, 1.165) is 15.2 Å². The molecule has 0 atom stereocenters. The molecular formula is C24H24BrN3O4S. The van der Waals surface area contributed by atoms with Crippen LogP contribution in [0.4, 0.5) is 11.4 Å². The summed E-state index contributed by atoms with van der Waals surface area (Å²) in [5.41, 5.74) is 0.954. The number of nitrogens with one attached hydrogen (secondary N) is 2. The number of hydrogen-bond acceptors (Lipinski definition) is 4. The Hall–Kier alpha value is -3.17. The summed E-state index contributed by atoms with van der Waals surface area (Å²) in [6.07, 6.45) is 0.778. The maximum atomic E-state index is 13.4. The quantitative estimate of drug-likeness (QED) is 0.428. The first kappa shape index (κ1) is 24.5. The molecule has 33 heavy (non-hydrogen) atoms. The lowest BCUT2D eigenvalue weighted by Gasteiger charge is -2.24. The molecule has 0 aliphatic rings. The first-order chi connectivity index (χ1) is 15.8. The molecular weight excluding hydrogens is 506 g/mol. The van der Waals surface area contributed by atoms with Gasteiger partial charge in [-0.05, 0) is 55.0 Å². The van der Waals surface area contributed by atoms with Crippen LogP contribution in [0, 0.1) is 0 Å². The van der Waals surface area contributed by atoms with Crippen molar-refractivity contribution in [3.63, 3.8) is 0 Å². The third kappa shape index (κ3) is 6.21. The van der Waals surface area contributed by atoms with Crippen molar-refractivity contribution in [1.29, 1.82) is 0 Å². The number of anilines is 2. The number of carbonyl (C=O) groups is 2. The van der Waals surface area contributed by atoms with Crippen LogP contribution in [0.25, 0.3) is 0 Å². The number of carbonyl (C=O) groups excluding carboxylic acids is 2. The zero-order chi connectivity index (χ0) is 23.8. The van der Waals surface area contributed by atoms with E-state index in [9.17, 15) is 18.0 Å². The van der Waals surface area contributed by atoms with Crippen LogP contribution in [0.5, 0.6) is 0 Å². The van der Waals surface area contributed by atoms with Crippen LogP contribution in [0.3, 0.4) is 0 Å². The Labute approximate surface area is 202 Å². The Balaban J connectivity index is 1.89. The van der Waals surface area contributed by atoms with Crippen LogP contribution < -0.4 is 14.9 Å². The van der Waals surface area contributed by atoms with E-state index in [-0.39, 0.29) is 10.8 Å². The molecule has 2 amide bonds. The van der Waals surface area contributed by atoms with Crippen molar-refractivity contribution in [3.05, 3.63) is 88.9 Å². The van der Waals surface area contributed by atoms with Gasteiger partial charge in [0.05, 0.1) is 21.8 Å². The van der Waals surface area contributed by atoms with Crippen molar-refractivity contribution < 1.29 is 18.0 Å². The highest BCUT2D eigenvalue weighted by Gasteiger charge is 2.27. The van der Waals surface area contributed by atoms with Crippen molar-refractivity contribution in [1.82, 2.24) is 5.32 Å². The van der Waals surface area contributed by atoms with Gasteiger partial charge in [-0.2, -0.15) is 0 Å². The molecule has 2 N–H and O–H groups in total. The highest BCUT2D eigenvalue weighted by atomic mass is 79.9. The maximum absolute atomic E-state index is 13.4. The second-order valence-electron chi connectivity index (χ2n) is 7.15. The van der Waals surface area contributed by atoms with Crippen molar-refractivity contribution in [3.8, 4) is 0 Å². The van der Waals surface area contributed by atoms with Gasteiger partial charge in [0.2, 0.25) is 5.91 Å². The Morgan fingerprint density at radius 3 is 2.21 bits per heavy atom. The van der Waals surface area contributed by atoms with E-state index in [1.165, 1.54) is 12.1 Å². The number of rotatable bonds is 9. The van der Waals surface area contributed by atoms with Crippen molar-refractivity contribution in [2.45, 2.75) is 18.2 Å². The highest BCUT2D eigenvalue weighted by Crippen LogP contribution is 2.25. The van der Waals surface area contributed by atoms with E-state index in [1.54, 1.807) is 66.7 Å². The highest BCUT2D eigenvalue weighted by molar-refractivity contribution is 9.10. The zero-order valence-electron chi connectivity index (χ0n) is 18.0. The van der Waals surface area contributed by atoms with E-state index < -0.39 is 22.5 Å². The SMILES string of the molecule is CCCNC(=O)c1ccccc1NC(=O)CN(c1ccc(Br)cc1)S(=O)(=O)c1ccccc1. The Bertz CT molecular complexity index is 1220. The van der Waals surface area contributed by atoms with Gasteiger partial charge in [-0.1, -0.05) is 53.2 Å². The van der Waals surface area contributed by atoms with Crippen molar-refractivity contribution in [2.75, 3.05) is 22.7 Å². The average Bonchev–Trinajstić information content (AvgIpc) is 2.82. The van der Waals surface area contributed by atoms with Crippen molar-refractivity contribution >= 4 is 49.1 Å². The summed E-state index contributed by atoms with van der Waals surface area (Å²) < 4.78 is 28.6. The van der Waals surface area contributed by atoms with Gasteiger partial charge < -0.3 is 10.6 Å². The van der Waals surface area contributed by atoms with Gasteiger partial charge in [0, 0.05) is 11.0 Å². The number of sulfonamides is 1. The number of para-hydroxylation sites is 1. The van der Waals surface area contributed by atoms with Gasteiger partial charge >= 0.3 is 0 Å². The van der Waals surface area contributed by atoms with Gasteiger partial charge in [-0.15, -0.1) is 0 Å². The molecule has 172 valence electrons.